The molecule has 1 saturated carbocycles. The summed E-state index contributed by atoms with van der Waals surface area (Å²) in [6, 6.07) is -0.343. The summed E-state index contributed by atoms with van der Waals surface area (Å²) in [5, 5.41) is 14.4. The van der Waals surface area contributed by atoms with E-state index in [1.54, 1.807) is 4.90 Å². The minimum atomic E-state index is -0.755. The first-order valence-electron chi connectivity index (χ1n) is 8.11. The van der Waals surface area contributed by atoms with E-state index >= 15 is 0 Å². The molecule has 3 amide bonds. The summed E-state index contributed by atoms with van der Waals surface area (Å²) in [4.78, 5) is 36.4. The number of carboxylic acid groups (broad SMARTS) is 1. The minimum absolute atomic E-state index is 0.000638. The van der Waals surface area contributed by atoms with Gasteiger partial charge >= 0.3 is 12.0 Å². The normalized spacial score (nSPS) is 25.4. The summed E-state index contributed by atoms with van der Waals surface area (Å²) in [5.74, 6) is -1.08. The number of carbonyl (C=O) groups is 3. The van der Waals surface area contributed by atoms with Gasteiger partial charge in [-0.15, -0.1) is 0 Å². The van der Waals surface area contributed by atoms with Crippen LogP contribution >= 0.6 is 0 Å². The van der Waals surface area contributed by atoms with Crippen molar-refractivity contribution in [1.82, 2.24) is 15.5 Å². The second-order valence-corrected chi connectivity index (χ2v) is 6.16. The lowest BCUT2D eigenvalue weighted by Gasteiger charge is -2.28. The quantitative estimate of drug-likeness (QED) is 0.719. The zero-order valence-electron chi connectivity index (χ0n) is 12.8. The molecule has 0 spiro atoms. The van der Waals surface area contributed by atoms with Crippen molar-refractivity contribution in [2.45, 2.75) is 51.0 Å². The lowest BCUT2D eigenvalue weighted by molar-refractivity contribution is -0.142. The van der Waals surface area contributed by atoms with E-state index in [-0.39, 0.29) is 30.4 Å². The molecule has 2 rings (SSSR count). The maximum Gasteiger partial charge on any atom is 0.315 e. The predicted octanol–water partition coefficient (Wildman–Crippen LogP) is 0.941. The number of rotatable bonds is 4. The van der Waals surface area contributed by atoms with Crippen LogP contribution in [0.1, 0.15) is 44.9 Å². The van der Waals surface area contributed by atoms with Crippen molar-refractivity contribution in [1.29, 1.82) is 0 Å². The van der Waals surface area contributed by atoms with Crippen LogP contribution in [0.2, 0.25) is 0 Å². The number of carboxylic acids is 1. The molecule has 22 heavy (non-hydrogen) atoms. The van der Waals surface area contributed by atoms with E-state index in [1.165, 1.54) is 0 Å². The highest BCUT2D eigenvalue weighted by Gasteiger charge is 2.26. The van der Waals surface area contributed by atoms with Gasteiger partial charge < -0.3 is 20.6 Å². The van der Waals surface area contributed by atoms with Gasteiger partial charge in [-0.3, -0.25) is 9.59 Å². The van der Waals surface area contributed by atoms with Crippen molar-refractivity contribution in [3.8, 4) is 0 Å². The molecule has 0 aromatic heterocycles. The fourth-order valence-electron chi connectivity index (χ4n) is 3.13. The van der Waals surface area contributed by atoms with Crippen molar-refractivity contribution in [3.63, 3.8) is 0 Å². The van der Waals surface area contributed by atoms with Gasteiger partial charge in [-0.1, -0.05) is 0 Å². The first kappa shape index (κ1) is 16.6. The Morgan fingerprint density at radius 2 is 1.64 bits per heavy atom. The summed E-state index contributed by atoms with van der Waals surface area (Å²) in [7, 11) is 0. The standard InChI is InChI=1S/C15H25N3O4/c19-13(18-8-2-1-3-9-18)10-16-15(22)17-12-6-4-11(5-7-12)14(20)21/h11-12H,1-10H2,(H,20,21)(H2,16,17,22). The molecule has 0 atom stereocenters. The first-order chi connectivity index (χ1) is 10.6. The molecule has 2 aliphatic rings. The molecule has 0 aromatic carbocycles. The number of likely N-dealkylation sites (tertiary alicyclic amines) is 1. The van der Waals surface area contributed by atoms with Crippen LogP contribution in [0.25, 0.3) is 0 Å². The highest BCUT2D eigenvalue weighted by atomic mass is 16.4. The zero-order valence-corrected chi connectivity index (χ0v) is 12.8. The Bertz CT molecular complexity index is 413. The molecule has 124 valence electrons. The van der Waals surface area contributed by atoms with E-state index in [2.05, 4.69) is 10.6 Å². The van der Waals surface area contributed by atoms with E-state index in [9.17, 15) is 14.4 Å². The average molecular weight is 311 g/mol. The van der Waals surface area contributed by atoms with E-state index in [0.29, 0.717) is 25.7 Å². The number of aliphatic carboxylic acids is 1. The van der Waals surface area contributed by atoms with Gasteiger partial charge in [0.25, 0.3) is 0 Å². The molecule has 0 bridgehead atoms. The molecule has 0 unspecified atom stereocenters. The molecule has 2 fully saturated rings. The van der Waals surface area contributed by atoms with Crippen molar-refractivity contribution >= 4 is 17.9 Å². The molecule has 7 heteroatoms. The maximum absolute atomic E-state index is 11.9. The smallest absolute Gasteiger partial charge is 0.315 e. The van der Waals surface area contributed by atoms with Gasteiger partial charge in [0.2, 0.25) is 5.91 Å². The number of carbonyl (C=O) groups excluding carboxylic acids is 2. The number of hydrogen-bond acceptors (Lipinski definition) is 3. The third-order valence-electron chi connectivity index (χ3n) is 4.52. The fraction of sp³-hybridized carbons (Fsp3) is 0.800. The fourth-order valence-corrected chi connectivity index (χ4v) is 3.13. The summed E-state index contributed by atoms with van der Waals surface area (Å²) in [6.45, 7) is 1.58. The van der Waals surface area contributed by atoms with Gasteiger partial charge in [-0.2, -0.15) is 0 Å². The molecule has 1 aliphatic heterocycles. The molecule has 1 heterocycles. The summed E-state index contributed by atoms with van der Waals surface area (Å²) in [6.07, 6.45) is 5.75. The van der Waals surface area contributed by atoms with Gasteiger partial charge in [0.15, 0.2) is 0 Å². The van der Waals surface area contributed by atoms with E-state index in [0.717, 1.165) is 32.4 Å². The Morgan fingerprint density at radius 1 is 1.00 bits per heavy atom. The number of hydrogen-bond donors (Lipinski definition) is 3. The van der Waals surface area contributed by atoms with Crippen molar-refractivity contribution in [2.75, 3.05) is 19.6 Å². The maximum atomic E-state index is 11.9. The molecule has 0 radical (unpaired) electrons. The van der Waals surface area contributed by atoms with Crippen molar-refractivity contribution < 1.29 is 19.5 Å². The number of piperidine rings is 1. The van der Waals surface area contributed by atoms with Crippen LogP contribution in [-0.4, -0.2) is 53.6 Å². The Hall–Kier alpha value is -1.79. The topological polar surface area (TPSA) is 98.7 Å². The van der Waals surface area contributed by atoms with Gasteiger partial charge in [0.1, 0.15) is 0 Å². The molecule has 7 nitrogen and oxygen atoms in total. The number of nitrogens with one attached hydrogen (secondary N) is 2. The largest absolute Gasteiger partial charge is 0.481 e. The van der Waals surface area contributed by atoms with E-state index < -0.39 is 5.97 Å². The molecular weight excluding hydrogens is 286 g/mol. The van der Waals surface area contributed by atoms with Crippen LogP contribution < -0.4 is 10.6 Å². The number of urea groups is 1. The molecule has 0 aromatic rings. The third kappa shape index (κ3) is 4.89. The third-order valence-corrected chi connectivity index (χ3v) is 4.52. The Labute approximate surface area is 130 Å². The van der Waals surface area contributed by atoms with Crippen LogP contribution in [0.3, 0.4) is 0 Å². The average Bonchev–Trinajstić information content (AvgIpc) is 2.54. The summed E-state index contributed by atoms with van der Waals surface area (Å²) >= 11 is 0. The summed E-state index contributed by atoms with van der Waals surface area (Å²) in [5.41, 5.74) is 0. The SMILES string of the molecule is O=C(NCC(=O)N1CCCCC1)NC1CCC(C(=O)O)CC1. The monoisotopic (exact) mass is 311 g/mol. The summed E-state index contributed by atoms with van der Waals surface area (Å²) < 4.78 is 0. The second-order valence-electron chi connectivity index (χ2n) is 6.16. The zero-order chi connectivity index (χ0) is 15.9. The molecule has 1 saturated heterocycles. The molecular formula is C15H25N3O4. The van der Waals surface area contributed by atoms with Crippen LogP contribution in [0, 0.1) is 5.92 Å². The highest BCUT2D eigenvalue weighted by Crippen LogP contribution is 2.24. The Morgan fingerprint density at radius 3 is 2.23 bits per heavy atom. The predicted molar refractivity (Wildman–Crippen MR) is 80.3 cm³/mol. The Kier molecular flexibility index (Phi) is 6.03. The second kappa shape index (κ2) is 8.00. The molecule has 1 aliphatic carbocycles. The van der Waals surface area contributed by atoms with Crippen molar-refractivity contribution in [2.24, 2.45) is 5.92 Å². The number of nitrogens with zero attached hydrogens (tertiary/aromatic N) is 1. The Balaban J connectivity index is 1.63. The van der Waals surface area contributed by atoms with Crippen LogP contribution in [0.5, 0.6) is 0 Å². The highest BCUT2D eigenvalue weighted by molar-refractivity contribution is 5.84. The van der Waals surface area contributed by atoms with Crippen LogP contribution in [-0.2, 0) is 9.59 Å². The minimum Gasteiger partial charge on any atom is -0.481 e. The van der Waals surface area contributed by atoms with Gasteiger partial charge in [0.05, 0.1) is 12.5 Å². The number of amides is 3. The van der Waals surface area contributed by atoms with Gasteiger partial charge in [0, 0.05) is 19.1 Å². The van der Waals surface area contributed by atoms with Gasteiger partial charge in [-0.25, -0.2) is 4.79 Å². The van der Waals surface area contributed by atoms with Crippen molar-refractivity contribution in [3.05, 3.63) is 0 Å². The van der Waals surface area contributed by atoms with E-state index in [1.807, 2.05) is 0 Å². The van der Waals surface area contributed by atoms with Crippen LogP contribution in [0.4, 0.5) is 4.79 Å². The molecule has 3 N–H and O–H groups in total. The first-order valence-corrected chi connectivity index (χ1v) is 8.11. The van der Waals surface area contributed by atoms with E-state index in [4.69, 9.17) is 5.11 Å². The van der Waals surface area contributed by atoms with Gasteiger partial charge in [-0.05, 0) is 44.9 Å². The van der Waals surface area contributed by atoms with Crippen LogP contribution in [0.15, 0.2) is 0 Å². The lowest BCUT2D eigenvalue weighted by atomic mass is 9.86. The lowest BCUT2D eigenvalue weighted by Crippen LogP contribution is -2.48.